The molecule has 2 heterocycles. The lowest BCUT2D eigenvalue weighted by Gasteiger charge is -2.21. The fourth-order valence-electron chi connectivity index (χ4n) is 3.43. The summed E-state index contributed by atoms with van der Waals surface area (Å²) in [5, 5.41) is 3.64. The standard InChI is InChI=1S/C20H27N5O2/c1-13-14(2)23-19(18(21)26)24-20(13)25-9-8-17(11-25)22-10-15-6-4-5-7-16(15)12-27-3/h4-7,17,22H,8-12H2,1-3H3,(H2,21,26)/t17-/m1/s1. The summed E-state index contributed by atoms with van der Waals surface area (Å²) in [5.41, 5.74) is 9.61. The summed E-state index contributed by atoms with van der Waals surface area (Å²) in [5.74, 6) is 0.293. The normalized spacial score (nSPS) is 16.7. The van der Waals surface area contributed by atoms with Crippen LogP contribution in [0.4, 0.5) is 5.82 Å². The maximum Gasteiger partial charge on any atom is 0.286 e. The van der Waals surface area contributed by atoms with Gasteiger partial charge < -0.3 is 20.7 Å². The van der Waals surface area contributed by atoms with Gasteiger partial charge in [0.05, 0.1) is 6.61 Å². The first-order chi connectivity index (χ1) is 13.0. The van der Waals surface area contributed by atoms with Crippen LogP contribution in [0.25, 0.3) is 0 Å². The van der Waals surface area contributed by atoms with Gasteiger partial charge in [-0.3, -0.25) is 4.79 Å². The van der Waals surface area contributed by atoms with Crippen LogP contribution in [-0.4, -0.2) is 42.1 Å². The average Bonchev–Trinajstić information content (AvgIpc) is 3.12. The molecule has 144 valence electrons. The Balaban J connectivity index is 1.67. The van der Waals surface area contributed by atoms with E-state index in [0.29, 0.717) is 12.6 Å². The number of aryl methyl sites for hydroxylation is 1. The van der Waals surface area contributed by atoms with Crippen molar-refractivity contribution in [1.29, 1.82) is 0 Å². The summed E-state index contributed by atoms with van der Waals surface area (Å²) >= 11 is 0. The van der Waals surface area contributed by atoms with Crippen LogP contribution >= 0.6 is 0 Å². The van der Waals surface area contributed by atoms with Crippen LogP contribution in [-0.2, 0) is 17.9 Å². The molecule has 1 atom stereocenters. The molecule has 0 bridgehead atoms. The zero-order valence-corrected chi connectivity index (χ0v) is 16.2. The molecule has 3 rings (SSSR count). The summed E-state index contributed by atoms with van der Waals surface area (Å²) in [6.45, 7) is 6.99. The van der Waals surface area contributed by atoms with Gasteiger partial charge in [0.2, 0.25) is 5.82 Å². The van der Waals surface area contributed by atoms with Crippen molar-refractivity contribution >= 4 is 11.7 Å². The minimum Gasteiger partial charge on any atom is -0.380 e. The van der Waals surface area contributed by atoms with Gasteiger partial charge in [-0.25, -0.2) is 9.97 Å². The summed E-state index contributed by atoms with van der Waals surface area (Å²) in [4.78, 5) is 22.3. The second-order valence-corrected chi connectivity index (χ2v) is 6.96. The predicted octanol–water partition coefficient (Wildman–Crippen LogP) is 1.71. The molecule has 0 aliphatic carbocycles. The van der Waals surface area contributed by atoms with Crippen LogP contribution < -0.4 is 16.0 Å². The molecule has 0 radical (unpaired) electrons. The Kier molecular flexibility index (Phi) is 6.03. The van der Waals surface area contributed by atoms with Crippen molar-refractivity contribution < 1.29 is 9.53 Å². The van der Waals surface area contributed by atoms with E-state index in [1.807, 2.05) is 19.9 Å². The molecule has 1 saturated heterocycles. The molecule has 1 aliphatic rings. The van der Waals surface area contributed by atoms with Gasteiger partial charge in [0.1, 0.15) is 5.82 Å². The number of carbonyl (C=O) groups excluding carboxylic acids is 1. The third kappa shape index (κ3) is 4.43. The molecule has 3 N–H and O–H groups in total. The van der Waals surface area contributed by atoms with Crippen LogP contribution in [0, 0.1) is 13.8 Å². The molecule has 0 saturated carbocycles. The lowest BCUT2D eigenvalue weighted by molar-refractivity contribution is 0.0990. The number of amides is 1. The zero-order chi connectivity index (χ0) is 19.4. The maximum absolute atomic E-state index is 11.5. The number of hydrogen-bond donors (Lipinski definition) is 2. The maximum atomic E-state index is 11.5. The van der Waals surface area contributed by atoms with E-state index < -0.39 is 5.91 Å². The lowest BCUT2D eigenvalue weighted by atomic mass is 10.1. The Labute approximate surface area is 159 Å². The van der Waals surface area contributed by atoms with Crippen LogP contribution in [0.2, 0.25) is 0 Å². The number of ether oxygens (including phenoxy) is 1. The number of primary amides is 1. The fourth-order valence-corrected chi connectivity index (χ4v) is 3.43. The largest absolute Gasteiger partial charge is 0.380 e. The average molecular weight is 369 g/mol. The molecule has 7 nitrogen and oxygen atoms in total. The second-order valence-electron chi connectivity index (χ2n) is 6.96. The van der Waals surface area contributed by atoms with Crippen LogP contribution in [0.5, 0.6) is 0 Å². The van der Waals surface area contributed by atoms with Crippen molar-refractivity contribution in [3.63, 3.8) is 0 Å². The number of nitrogens with one attached hydrogen (secondary N) is 1. The predicted molar refractivity (Wildman–Crippen MR) is 105 cm³/mol. The molecular formula is C20H27N5O2. The molecule has 27 heavy (non-hydrogen) atoms. The smallest absolute Gasteiger partial charge is 0.286 e. The van der Waals surface area contributed by atoms with Gasteiger partial charge in [-0.05, 0) is 31.4 Å². The molecular weight excluding hydrogens is 342 g/mol. The SMILES string of the molecule is COCc1ccccc1CN[C@@H]1CCN(c2nc(C(N)=O)nc(C)c2C)C1. The van der Waals surface area contributed by atoms with E-state index in [-0.39, 0.29) is 5.82 Å². The van der Waals surface area contributed by atoms with Crippen molar-refractivity contribution in [2.75, 3.05) is 25.1 Å². The zero-order valence-electron chi connectivity index (χ0n) is 16.2. The Morgan fingerprint density at radius 3 is 2.74 bits per heavy atom. The van der Waals surface area contributed by atoms with Gasteiger partial charge in [0, 0.05) is 44.0 Å². The topological polar surface area (TPSA) is 93.4 Å². The number of carbonyl (C=O) groups is 1. The number of rotatable bonds is 7. The Hall–Kier alpha value is -2.51. The fraction of sp³-hybridized carbons (Fsp3) is 0.450. The van der Waals surface area contributed by atoms with Gasteiger partial charge in [0.25, 0.3) is 5.91 Å². The third-order valence-corrected chi connectivity index (χ3v) is 5.07. The number of hydrogen-bond acceptors (Lipinski definition) is 6. The van der Waals surface area contributed by atoms with E-state index in [4.69, 9.17) is 10.5 Å². The van der Waals surface area contributed by atoms with Gasteiger partial charge in [-0.15, -0.1) is 0 Å². The molecule has 0 unspecified atom stereocenters. The summed E-state index contributed by atoms with van der Waals surface area (Å²) in [6.07, 6.45) is 1.01. The number of benzene rings is 1. The minimum absolute atomic E-state index is 0.0815. The van der Waals surface area contributed by atoms with Crippen LogP contribution in [0.3, 0.4) is 0 Å². The monoisotopic (exact) mass is 369 g/mol. The van der Waals surface area contributed by atoms with Crippen molar-refractivity contribution in [2.45, 2.75) is 39.5 Å². The number of anilines is 1. The number of methoxy groups -OCH3 is 1. The molecule has 1 aromatic carbocycles. The van der Waals surface area contributed by atoms with Gasteiger partial charge in [-0.2, -0.15) is 0 Å². The summed E-state index contributed by atoms with van der Waals surface area (Å²) in [6, 6.07) is 8.67. The van der Waals surface area contributed by atoms with Gasteiger partial charge in [0.15, 0.2) is 0 Å². The van der Waals surface area contributed by atoms with E-state index >= 15 is 0 Å². The van der Waals surface area contributed by atoms with Crippen LogP contribution in [0.15, 0.2) is 24.3 Å². The molecule has 7 heteroatoms. The third-order valence-electron chi connectivity index (χ3n) is 5.07. The van der Waals surface area contributed by atoms with E-state index in [2.05, 4.69) is 38.4 Å². The second kappa shape index (κ2) is 8.45. The Morgan fingerprint density at radius 1 is 1.30 bits per heavy atom. The van der Waals surface area contributed by atoms with Crippen molar-refractivity contribution in [2.24, 2.45) is 5.73 Å². The quantitative estimate of drug-likeness (QED) is 0.772. The minimum atomic E-state index is -0.594. The number of aromatic nitrogens is 2. The summed E-state index contributed by atoms with van der Waals surface area (Å²) < 4.78 is 5.28. The van der Waals surface area contributed by atoms with E-state index in [1.165, 1.54) is 11.1 Å². The highest BCUT2D eigenvalue weighted by Gasteiger charge is 2.26. The van der Waals surface area contributed by atoms with E-state index in [9.17, 15) is 4.79 Å². The lowest BCUT2D eigenvalue weighted by Crippen LogP contribution is -2.33. The van der Waals surface area contributed by atoms with E-state index in [0.717, 1.165) is 43.1 Å². The van der Waals surface area contributed by atoms with E-state index in [1.54, 1.807) is 7.11 Å². The Morgan fingerprint density at radius 2 is 2.04 bits per heavy atom. The first-order valence-electron chi connectivity index (χ1n) is 9.18. The molecule has 2 aromatic rings. The Bertz CT molecular complexity index is 824. The molecule has 0 spiro atoms. The summed E-state index contributed by atoms with van der Waals surface area (Å²) in [7, 11) is 1.71. The van der Waals surface area contributed by atoms with Crippen LogP contribution in [0.1, 0.15) is 39.4 Å². The number of nitrogens with two attached hydrogens (primary N) is 1. The van der Waals surface area contributed by atoms with Crippen molar-refractivity contribution in [3.8, 4) is 0 Å². The van der Waals surface area contributed by atoms with Gasteiger partial charge in [-0.1, -0.05) is 24.3 Å². The molecule has 1 aromatic heterocycles. The molecule has 1 aliphatic heterocycles. The van der Waals surface area contributed by atoms with Crippen molar-refractivity contribution in [3.05, 3.63) is 52.5 Å². The highest BCUT2D eigenvalue weighted by Crippen LogP contribution is 2.24. The molecule has 1 amide bonds. The highest BCUT2D eigenvalue weighted by molar-refractivity contribution is 5.89. The van der Waals surface area contributed by atoms with Gasteiger partial charge >= 0.3 is 0 Å². The molecule has 1 fully saturated rings. The first kappa shape index (κ1) is 19.3. The number of nitrogens with zero attached hydrogens (tertiary/aromatic N) is 3. The van der Waals surface area contributed by atoms with Crippen molar-refractivity contribution in [1.82, 2.24) is 15.3 Å². The first-order valence-corrected chi connectivity index (χ1v) is 9.18. The highest BCUT2D eigenvalue weighted by atomic mass is 16.5.